The second-order valence-electron chi connectivity index (χ2n) is 13.9. The van der Waals surface area contributed by atoms with E-state index in [4.69, 9.17) is 18.9 Å². The minimum absolute atomic E-state index is 0.0617. The highest BCUT2D eigenvalue weighted by Gasteiger charge is 2.28. The fraction of sp³-hybridized carbons (Fsp3) is 0.486. The van der Waals surface area contributed by atoms with Gasteiger partial charge in [-0.05, 0) is 81.1 Å². The zero-order valence-electron chi connectivity index (χ0n) is 28.6. The molecule has 0 unspecified atom stereocenters. The summed E-state index contributed by atoms with van der Waals surface area (Å²) < 4.78 is 22.2. The van der Waals surface area contributed by atoms with Crippen molar-refractivity contribution in [2.45, 2.75) is 90.7 Å². The Bertz CT molecular complexity index is 1380. The standard InChI is InChI=1S/C37H51NO7Si/c1-37(2,3)45-35(40)21-18-29-16-19-31(33(25-29)44-27-43-22-23-46(5,6)7)26-38(36(41)30-13-9-8-10-14-30)32-15-11-12-28(24-32)17-20-34(39)42-4/h11-12,15-21,24-25,30H,8-10,13-14,22-23,26-27H2,1-7H3/b20-17+,21-18+. The van der Waals surface area contributed by atoms with Crippen LogP contribution in [0.5, 0.6) is 5.75 Å². The van der Waals surface area contributed by atoms with Crippen LogP contribution >= 0.6 is 0 Å². The number of carbonyl (C=O) groups is 3. The largest absolute Gasteiger partial charge is 0.467 e. The molecule has 9 heteroatoms. The molecule has 1 aliphatic rings. The molecule has 0 heterocycles. The van der Waals surface area contributed by atoms with Gasteiger partial charge in [0.1, 0.15) is 11.4 Å². The maximum atomic E-state index is 14.1. The molecule has 0 spiro atoms. The summed E-state index contributed by atoms with van der Waals surface area (Å²) in [6, 6.07) is 14.3. The van der Waals surface area contributed by atoms with Crippen molar-refractivity contribution < 1.29 is 33.3 Å². The lowest BCUT2D eigenvalue weighted by Gasteiger charge is -2.30. The number of carbonyl (C=O) groups excluding carboxylic acids is 3. The lowest BCUT2D eigenvalue weighted by Crippen LogP contribution is -2.37. The van der Waals surface area contributed by atoms with Crippen LogP contribution in [0.15, 0.2) is 54.6 Å². The molecule has 1 saturated carbocycles. The van der Waals surface area contributed by atoms with Crippen molar-refractivity contribution in [3.8, 4) is 5.75 Å². The third-order valence-corrected chi connectivity index (χ3v) is 9.25. The van der Waals surface area contributed by atoms with E-state index in [9.17, 15) is 14.4 Å². The Morgan fingerprint density at radius 3 is 2.24 bits per heavy atom. The van der Waals surface area contributed by atoms with Crippen molar-refractivity contribution in [3.63, 3.8) is 0 Å². The van der Waals surface area contributed by atoms with E-state index in [2.05, 4.69) is 19.6 Å². The number of nitrogens with zero attached hydrogens (tertiary/aromatic N) is 1. The average molecular weight is 650 g/mol. The van der Waals surface area contributed by atoms with Crippen molar-refractivity contribution in [2.24, 2.45) is 5.92 Å². The van der Waals surface area contributed by atoms with Crippen LogP contribution in [0.1, 0.15) is 69.6 Å². The minimum atomic E-state index is -1.26. The maximum Gasteiger partial charge on any atom is 0.331 e. The first-order valence-corrected chi connectivity index (χ1v) is 19.9. The average Bonchev–Trinajstić information content (AvgIpc) is 3.00. The molecule has 3 rings (SSSR count). The molecule has 0 N–H and O–H groups in total. The van der Waals surface area contributed by atoms with Crippen LogP contribution in [0, 0.1) is 5.92 Å². The molecule has 0 atom stereocenters. The van der Waals surface area contributed by atoms with E-state index in [0.29, 0.717) is 12.4 Å². The number of methoxy groups -OCH3 is 1. The van der Waals surface area contributed by atoms with E-state index in [-0.39, 0.29) is 25.2 Å². The number of rotatable bonds is 14. The first kappa shape index (κ1) is 36.8. The number of ether oxygens (including phenoxy) is 4. The summed E-state index contributed by atoms with van der Waals surface area (Å²) in [5.41, 5.74) is 2.48. The molecule has 250 valence electrons. The van der Waals surface area contributed by atoms with Crippen molar-refractivity contribution in [2.75, 3.05) is 25.4 Å². The predicted molar refractivity (Wildman–Crippen MR) is 186 cm³/mol. The van der Waals surface area contributed by atoms with Gasteiger partial charge in [-0.15, -0.1) is 0 Å². The Morgan fingerprint density at radius 2 is 1.59 bits per heavy atom. The van der Waals surface area contributed by atoms with Gasteiger partial charge >= 0.3 is 11.9 Å². The zero-order valence-corrected chi connectivity index (χ0v) is 29.6. The topological polar surface area (TPSA) is 91.4 Å². The van der Waals surface area contributed by atoms with Gasteiger partial charge in [0.15, 0.2) is 6.79 Å². The van der Waals surface area contributed by atoms with Crippen LogP contribution < -0.4 is 9.64 Å². The molecule has 1 amide bonds. The van der Waals surface area contributed by atoms with Crippen LogP contribution in [0.4, 0.5) is 5.69 Å². The van der Waals surface area contributed by atoms with E-state index >= 15 is 0 Å². The quantitative estimate of drug-likeness (QED) is 0.0673. The maximum absolute atomic E-state index is 14.1. The highest BCUT2D eigenvalue weighted by molar-refractivity contribution is 6.76. The van der Waals surface area contributed by atoms with Crippen LogP contribution in [0.2, 0.25) is 25.7 Å². The zero-order chi connectivity index (χ0) is 33.7. The number of anilines is 1. The fourth-order valence-corrected chi connectivity index (χ4v) is 5.80. The molecule has 1 aliphatic carbocycles. The second kappa shape index (κ2) is 17.3. The number of hydrogen-bond donors (Lipinski definition) is 0. The van der Waals surface area contributed by atoms with Gasteiger partial charge in [0.2, 0.25) is 5.91 Å². The summed E-state index contributed by atoms with van der Waals surface area (Å²) in [5.74, 6) is -0.301. The Labute approximate surface area is 275 Å². The summed E-state index contributed by atoms with van der Waals surface area (Å²) in [4.78, 5) is 40.0. The Morgan fingerprint density at radius 1 is 0.913 bits per heavy atom. The van der Waals surface area contributed by atoms with Gasteiger partial charge in [-0.3, -0.25) is 4.79 Å². The predicted octanol–water partition coefficient (Wildman–Crippen LogP) is 8.03. The molecule has 0 radical (unpaired) electrons. The van der Waals surface area contributed by atoms with E-state index in [1.54, 1.807) is 12.2 Å². The van der Waals surface area contributed by atoms with Crippen molar-refractivity contribution in [3.05, 3.63) is 71.3 Å². The molecule has 46 heavy (non-hydrogen) atoms. The summed E-state index contributed by atoms with van der Waals surface area (Å²) in [6.07, 6.45) is 11.1. The Kier molecular flexibility index (Phi) is 13.8. The molecule has 1 fully saturated rings. The molecular formula is C37H51NO7Si. The van der Waals surface area contributed by atoms with E-state index in [1.807, 2.05) is 68.1 Å². The molecule has 0 saturated heterocycles. The van der Waals surface area contributed by atoms with E-state index in [1.165, 1.54) is 19.3 Å². The Balaban J connectivity index is 1.95. The van der Waals surface area contributed by atoms with Crippen molar-refractivity contribution in [1.29, 1.82) is 0 Å². The van der Waals surface area contributed by atoms with Gasteiger partial charge in [0, 0.05) is 44.0 Å². The molecule has 8 nitrogen and oxygen atoms in total. The fourth-order valence-electron chi connectivity index (χ4n) is 5.05. The number of benzene rings is 2. The summed E-state index contributed by atoms with van der Waals surface area (Å²) >= 11 is 0. The molecule has 0 bridgehead atoms. The molecule has 2 aromatic carbocycles. The van der Waals surface area contributed by atoms with Gasteiger partial charge in [0.25, 0.3) is 0 Å². The summed E-state index contributed by atoms with van der Waals surface area (Å²) in [6.45, 7) is 13.3. The lowest BCUT2D eigenvalue weighted by atomic mass is 9.88. The SMILES string of the molecule is COC(=O)/C=C/c1cccc(N(Cc2ccc(/C=C/C(=O)OC(C)(C)C)cc2OCOCC[Si](C)(C)C)C(=O)C2CCCCC2)c1. The molecular weight excluding hydrogens is 598 g/mol. The minimum Gasteiger partial charge on any atom is -0.467 e. The third-order valence-electron chi connectivity index (χ3n) is 7.55. The van der Waals surface area contributed by atoms with Crippen LogP contribution in [-0.2, 0) is 35.1 Å². The molecule has 0 aliphatic heterocycles. The van der Waals surface area contributed by atoms with E-state index in [0.717, 1.165) is 60.5 Å². The van der Waals surface area contributed by atoms with Crippen LogP contribution in [-0.4, -0.2) is 52.0 Å². The number of esters is 2. The van der Waals surface area contributed by atoms with Gasteiger partial charge < -0.3 is 23.8 Å². The summed E-state index contributed by atoms with van der Waals surface area (Å²) in [5, 5.41) is 0. The van der Waals surface area contributed by atoms with E-state index < -0.39 is 25.6 Å². The smallest absolute Gasteiger partial charge is 0.331 e. The lowest BCUT2D eigenvalue weighted by molar-refractivity contribution is -0.148. The second-order valence-corrected chi connectivity index (χ2v) is 19.5. The Hall–Kier alpha value is -3.69. The third kappa shape index (κ3) is 13.0. The number of amides is 1. The monoisotopic (exact) mass is 649 g/mol. The first-order chi connectivity index (χ1) is 21.7. The highest BCUT2D eigenvalue weighted by atomic mass is 28.3. The van der Waals surface area contributed by atoms with Crippen LogP contribution in [0.25, 0.3) is 12.2 Å². The van der Waals surface area contributed by atoms with Crippen LogP contribution in [0.3, 0.4) is 0 Å². The molecule has 0 aromatic heterocycles. The number of hydrogen-bond acceptors (Lipinski definition) is 7. The normalized spacial score (nSPS) is 14.4. The van der Waals surface area contributed by atoms with Gasteiger partial charge in [-0.1, -0.05) is 63.2 Å². The van der Waals surface area contributed by atoms with Gasteiger partial charge in [0.05, 0.1) is 13.7 Å². The summed E-state index contributed by atoms with van der Waals surface area (Å²) in [7, 11) is 0.0754. The van der Waals surface area contributed by atoms with Crippen molar-refractivity contribution in [1.82, 2.24) is 0 Å². The molecule has 2 aromatic rings. The van der Waals surface area contributed by atoms with Crippen molar-refractivity contribution >= 4 is 43.8 Å². The van der Waals surface area contributed by atoms with Gasteiger partial charge in [-0.2, -0.15) is 0 Å². The van der Waals surface area contributed by atoms with Gasteiger partial charge in [-0.25, -0.2) is 9.59 Å². The highest BCUT2D eigenvalue weighted by Crippen LogP contribution is 2.31. The first-order valence-electron chi connectivity index (χ1n) is 16.2.